The Morgan fingerprint density at radius 1 is 0.426 bits per heavy atom. The van der Waals surface area contributed by atoms with Crippen molar-refractivity contribution in [2.45, 2.75) is 38.5 Å². The fraction of sp³-hybridized carbons (Fsp3) is 0.107. The van der Waals surface area contributed by atoms with Crippen molar-refractivity contribution in [2.24, 2.45) is 4.99 Å². The Labute approximate surface area is 358 Å². The van der Waals surface area contributed by atoms with E-state index < -0.39 is 0 Å². The molecule has 0 aliphatic heterocycles. The van der Waals surface area contributed by atoms with Gasteiger partial charge in [0.1, 0.15) is 5.84 Å². The molecular weight excluding hydrogens is 743 g/mol. The van der Waals surface area contributed by atoms with Crippen LogP contribution in [0.2, 0.25) is 0 Å². The van der Waals surface area contributed by atoms with Crippen LogP contribution in [-0.2, 0) is 10.8 Å². The van der Waals surface area contributed by atoms with Crippen LogP contribution >= 0.6 is 0 Å². The molecule has 5 heteroatoms. The second-order valence-corrected chi connectivity index (χ2v) is 17.0. The zero-order chi connectivity index (χ0) is 41.9. The topological polar surface area (TPSA) is 63.1 Å². The van der Waals surface area contributed by atoms with E-state index in [1.165, 1.54) is 44.5 Å². The number of nitrogens with one attached hydrogen (secondary N) is 1. The van der Waals surface area contributed by atoms with E-state index >= 15 is 0 Å². The Hall–Kier alpha value is -7.50. The van der Waals surface area contributed by atoms with E-state index in [1.807, 2.05) is 109 Å². The summed E-state index contributed by atoms with van der Waals surface area (Å²) in [5, 5.41) is 3.57. The van der Waals surface area contributed by atoms with Gasteiger partial charge < -0.3 is 5.32 Å². The molecule has 61 heavy (non-hydrogen) atoms. The highest BCUT2D eigenvalue weighted by atomic mass is 15.0. The molecule has 0 unspecified atom stereocenters. The lowest BCUT2D eigenvalue weighted by molar-refractivity contribution is 0.652. The van der Waals surface area contributed by atoms with E-state index in [0.717, 1.165) is 39.1 Å². The van der Waals surface area contributed by atoms with Crippen molar-refractivity contribution < 1.29 is 0 Å². The molecule has 0 radical (unpaired) electrons. The summed E-state index contributed by atoms with van der Waals surface area (Å²) < 4.78 is 0. The van der Waals surface area contributed by atoms with E-state index in [4.69, 9.17) is 19.9 Å². The van der Waals surface area contributed by atoms with E-state index in [2.05, 4.69) is 107 Å². The molecule has 0 amide bonds. The molecule has 7 aromatic carbocycles. The number of hydrogen-bond acceptors (Lipinski definition) is 4. The van der Waals surface area contributed by atoms with Crippen LogP contribution < -0.4 is 5.32 Å². The van der Waals surface area contributed by atoms with Gasteiger partial charge in [0.2, 0.25) is 0 Å². The summed E-state index contributed by atoms with van der Waals surface area (Å²) in [6, 6.07) is 58.9. The SMILES string of the molecule is C=C(N=C(NC(=C)c1ccccc1)c1ccc2c(c1)C(C)(C)c1cc3c(cc1-2)C(C)(C)c1cc(-c2nc(-c4ccccc4)nc(-c4ccccc4)n2)ccc1-3)c1ccccc1. The van der Waals surface area contributed by atoms with Gasteiger partial charge in [-0.25, -0.2) is 19.9 Å². The second kappa shape index (κ2) is 14.6. The molecule has 0 atom stereocenters. The van der Waals surface area contributed by atoms with Gasteiger partial charge in [0, 0.05) is 38.8 Å². The van der Waals surface area contributed by atoms with Gasteiger partial charge in [0.25, 0.3) is 0 Å². The fourth-order valence-electron chi connectivity index (χ4n) is 9.04. The lowest BCUT2D eigenvalue weighted by atomic mass is 9.79. The molecule has 294 valence electrons. The van der Waals surface area contributed by atoms with Gasteiger partial charge in [0.05, 0.1) is 5.70 Å². The van der Waals surface area contributed by atoms with Crippen LogP contribution in [0.1, 0.15) is 66.6 Å². The minimum Gasteiger partial charge on any atom is -0.340 e. The van der Waals surface area contributed by atoms with Crippen molar-refractivity contribution in [1.29, 1.82) is 0 Å². The standard InChI is InChI=1S/C56H45N5/c1-35(37-19-11-7-12-20-37)57-53(58-36(2)38-21-13-8-14-22-38)41-27-29-43-45-33-50-46(34-49(45)55(3,4)47(43)31-41)44-30-28-42(32-48(44)56(50,5)6)54-60-51(39-23-15-9-16-24-39)59-52(61-54)40-25-17-10-18-26-40/h7-34H,1-2H2,3-6H3,(H,57,58). The molecular formula is C56H45N5. The van der Waals surface area contributed by atoms with E-state index in [1.54, 1.807) is 0 Å². The zero-order valence-corrected chi connectivity index (χ0v) is 34.9. The third kappa shape index (κ3) is 6.59. The number of nitrogens with zero attached hydrogens (tertiary/aromatic N) is 4. The maximum atomic E-state index is 5.11. The van der Waals surface area contributed by atoms with E-state index in [9.17, 15) is 0 Å². The maximum absolute atomic E-state index is 5.11. The average molecular weight is 788 g/mol. The molecule has 2 aliphatic carbocycles. The number of hydrogen-bond donors (Lipinski definition) is 1. The number of fused-ring (bicyclic) bond motifs is 6. The van der Waals surface area contributed by atoms with Crippen LogP contribution in [0.15, 0.2) is 188 Å². The molecule has 1 heterocycles. The Kier molecular flexibility index (Phi) is 9.06. The first kappa shape index (κ1) is 37.7. The molecule has 0 bridgehead atoms. The molecule has 8 aromatic rings. The highest BCUT2D eigenvalue weighted by Gasteiger charge is 2.42. The molecule has 0 spiro atoms. The van der Waals surface area contributed by atoms with Crippen molar-refractivity contribution in [1.82, 2.24) is 20.3 Å². The monoisotopic (exact) mass is 787 g/mol. The van der Waals surface area contributed by atoms with Gasteiger partial charge in [-0.1, -0.05) is 186 Å². The van der Waals surface area contributed by atoms with Crippen molar-refractivity contribution in [3.05, 3.63) is 222 Å². The summed E-state index contributed by atoms with van der Waals surface area (Å²) in [7, 11) is 0. The Balaban J connectivity index is 1.03. The van der Waals surface area contributed by atoms with Gasteiger partial charge in [-0.05, 0) is 79.9 Å². The van der Waals surface area contributed by atoms with Crippen LogP contribution in [0.5, 0.6) is 0 Å². The molecule has 2 aliphatic rings. The molecule has 1 N–H and O–H groups in total. The third-order valence-corrected chi connectivity index (χ3v) is 12.4. The zero-order valence-electron chi connectivity index (χ0n) is 34.9. The quantitative estimate of drug-likeness (QED) is 0.123. The Morgan fingerprint density at radius 3 is 1.38 bits per heavy atom. The number of amidine groups is 1. The van der Waals surface area contributed by atoms with E-state index in [0.29, 0.717) is 29.0 Å². The fourth-order valence-corrected chi connectivity index (χ4v) is 9.04. The summed E-state index contributed by atoms with van der Waals surface area (Å²) in [6.07, 6.45) is 0. The minimum atomic E-state index is -0.271. The van der Waals surface area contributed by atoms with Gasteiger partial charge >= 0.3 is 0 Å². The van der Waals surface area contributed by atoms with Crippen LogP contribution in [0.3, 0.4) is 0 Å². The predicted molar refractivity (Wildman–Crippen MR) is 252 cm³/mol. The lowest BCUT2D eigenvalue weighted by Gasteiger charge is -2.24. The summed E-state index contributed by atoms with van der Waals surface area (Å²) in [5.74, 6) is 2.68. The first-order chi connectivity index (χ1) is 29.6. The molecule has 0 saturated carbocycles. The molecule has 5 nitrogen and oxygen atoms in total. The third-order valence-electron chi connectivity index (χ3n) is 12.4. The lowest BCUT2D eigenvalue weighted by Crippen LogP contribution is -2.24. The summed E-state index contributed by atoms with van der Waals surface area (Å²) in [6.45, 7) is 18.1. The van der Waals surface area contributed by atoms with Crippen molar-refractivity contribution in [3.8, 4) is 56.4 Å². The molecule has 10 rings (SSSR count). The van der Waals surface area contributed by atoms with Crippen LogP contribution in [0.25, 0.3) is 67.8 Å². The minimum absolute atomic E-state index is 0.264. The molecule has 1 aromatic heterocycles. The number of aliphatic imine (C=N–C) groups is 1. The van der Waals surface area contributed by atoms with E-state index in [-0.39, 0.29) is 10.8 Å². The van der Waals surface area contributed by atoms with Crippen LogP contribution in [-0.4, -0.2) is 20.8 Å². The molecule has 0 fully saturated rings. The largest absolute Gasteiger partial charge is 0.340 e. The summed E-state index contributed by atoms with van der Waals surface area (Å²) in [4.78, 5) is 20.1. The maximum Gasteiger partial charge on any atom is 0.164 e. The average Bonchev–Trinajstić information content (AvgIpc) is 3.67. The predicted octanol–water partition coefficient (Wildman–Crippen LogP) is 13.2. The summed E-state index contributed by atoms with van der Waals surface area (Å²) in [5.41, 5.74) is 16.9. The van der Waals surface area contributed by atoms with Crippen LogP contribution in [0, 0.1) is 0 Å². The number of benzene rings is 7. The summed E-state index contributed by atoms with van der Waals surface area (Å²) >= 11 is 0. The first-order valence-corrected chi connectivity index (χ1v) is 20.8. The van der Waals surface area contributed by atoms with Gasteiger partial charge in [-0.3, -0.25) is 0 Å². The van der Waals surface area contributed by atoms with Crippen LogP contribution in [0.4, 0.5) is 0 Å². The van der Waals surface area contributed by atoms with Crippen molar-refractivity contribution >= 4 is 17.2 Å². The highest BCUT2D eigenvalue weighted by molar-refractivity contribution is 6.06. The Bertz CT molecular complexity index is 3000. The smallest absolute Gasteiger partial charge is 0.164 e. The second-order valence-electron chi connectivity index (χ2n) is 17.0. The number of aromatic nitrogens is 3. The van der Waals surface area contributed by atoms with Crippen molar-refractivity contribution in [2.75, 3.05) is 0 Å². The highest BCUT2D eigenvalue weighted by Crippen LogP contribution is 2.56. The van der Waals surface area contributed by atoms with Gasteiger partial charge in [0.15, 0.2) is 17.5 Å². The normalized spacial score (nSPS) is 14.1. The van der Waals surface area contributed by atoms with Gasteiger partial charge in [-0.2, -0.15) is 0 Å². The molecule has 0 saturated heterocycles. The Morgan fingerprint density at radius 2 is 0.852 bits per heavy atom. The van der Waals surface area contributed by atoms with Gasteiger partial charge in [-0.15, -0.1) is 0 Å². The first-order valence-electron chi connectivity index (χ1n) is 20.8. The number of rotatable bonds is 8. The van der Waals surface area contributed by atoms with Crippen molar-refractivity contribution in [3.63, 3.8) is 0 Å².